The number of carbonyl (C=O) groups is 1. The zero-order valence-electron chi connectivity index (χ0n) is 13.1. The molecule has 0 spiro atoms. The highest BCUT2D eigenvalue weighted by molar-refractivity contribution is 6.62. The van der Waals surface area contributed by atoms with E-state index < -0.39 is 0 Å². The SMILES string of the molecule is CC1(C)OB(c2ccc(C3CCC(=O)N3)cc2)OC1(C)C. The molecule has 2 heterocycles. The van der Waals surface area contributed by atoms with Gasteiger partial charge >= 0.3 is 7.12 Å². The first-order valence-electron chi connectivity index (χ1n) is 7.53. The lowest BCUT2D eigenvalue weighted by Gasteiger charge is -2.32. The monoisotopic (exact) mass is 287 g/mol. The quantitative estimate of drug-likeness (QED) is 0.846. The van der Waals surface area contributed by atoms with Gasteiger partial charge in [-0.15, -0.1) is 0 Å². The van der Waals surface area contributed by atoms with E-state index in [9.17, 15) is 4.79 Å². The number of benzene rings is 1. The maximum absolute atomic E-state index is 11.3. The molecule has 1 amide bonds. The first-order valence-corrected chi connectivity index (χ1v) is 7.53. The van der Waals surface area contributed by atoms with Crippen LogP contribution in [-0.4, -0.2) is 24.2 Å². The Morgan fingerprint density at radius 1 is 1.10 bits per heavy atom. The first kappa shape index (κ1) is 14.6. The molecular formula is C16H22BNO3. The molecule has 0 aliphatic carbocycles. The van der Waals surface area contributed by atoms with Crippen molar-refractivity contribution in [2.24, 2.45) is 0 Å². The van der Waals surface area contributed by atoms with Gasteiger partial charge in [0.2, 0.25) is 5.91 Å². The summed E-state index contributed by atoms with van der Waals surface area (Å²) in [7, 11) is -0.331. The van der Waals surface area contributed by atoms with Crippen LogP contribution in [0.25, 0.3) is 0 Å². The fraction of sp³-hybridized carbons (Fsp3) is 0.562. The van der Waals surface area contributed by atoms with Gasteiger partial charge in [0.05, 0.1) is 17.2 Å². The standard InChI is InChI=1S/C16H22BNO3/c1-15(2)16(3,4)21-17(20-15)12-7-5-11(6-8-12)13-9-10-14(19)18-13/h5-8,13H,9-10H2,1-4H3,(H,18,19). The first-order chi connectivity index (χ1) is 9.78. The van der Waals surface area contributed by atoms with Gasteiger partial charge in [-0.3, -0.25) is 4.79 Å². The van der Waals surface area contributed by atoms with Crippen LogP contribution in [0, 0.1) is 0 Å². The van der Waals surface area contributed by atoms with E-state index in [1.807, 2.05) is 12.1 Å². The number of hydrogen-bond donors (Lipinski definition) is 1. The van der Waals surface area contributed by atoms with Gasteiger partial charge < -0.3 is 14.6 Å². The summed E-state index contributed by atoms with van der Waals surface area (Å²) in [5.74, 6) is 0.134. The highest BCUT2D eigenvalue weighted by Crippen LogP contribution is 2.36. The summed E-state index contributed by atoms with van der Waals surface area (Å²) >= 11 is 0. The molecule has 1 aromatic rings. The van der Waals surface area contributed by atoms with E-state index in [1.54, 1.807) is 0 Å². The maximum Gasteiger partial charge on any atom is 0.494 e. The van der Waals surface area contributed by atoms with E-state index in [2.05, 4.69) is 45.1 Å². The third-order valence-electron chi connectivity index (χ3n) is 4.86. The lowest BCUT2D eigenvalue weighted by Crippen LogP contribution is -2.41. The average Bonchev–Trinajstić information content (AvgIpc) is 2.92. The fourth-order valence-corrected chi connectivity index (χ4v) is 2.73. The molecule has 1 atom stereocenters. The van der Waals surface area contributed by atoms with Crippen LogP contribution in [0.4, 0.5) is 0 Å². The Bertz CT molecular complexity index is 537. The van der Waals surface area contributed by atoms with Crippen molar-refractivity contribution < 1.29 is 14.1 Å². The fourth-order valence-electron chi connectivity index (χ4n) is 2.73. The van der Waals surface area contributed by atoms with E-state index in [-0.39, 0.29) is 30.3 Å². The Hall–Kier alpha value is -1.33. The Kier molecular flexibility index (Phi) is 3.37. The smallest absolute Gasteiger partial charge is 0.399 e. The summed E-state index contributed by atoms with van der Waals surface area (Å²) in [4.78, 5) is 11.3. The summed E-state index contributed by atoms with van der Waals surface area (Å²) < 4.78 is 12.1. The highest BCUT2D eigenvalue weighted by Gasteiger charge is 2.51. The lowest BCUT2D eigenvalue weighted by atomic mass is 9.78. The van der Waals surface area contributed by atoms with Gasteiger partial charge in [-0.1, -0.05) is 24.3 Å². The van der Waals surface area contributed by atoms with Crippen molar-refractivity contribution >= 4 is 18.5 Å². The van der Waals surface area contributed by atoms with Crippen molar-refractivity contribution in [3.05, 3.63) is 29.8 Å². The van der Waals surface area contributed by atoms with Crippen LogP contribution in [0.3, 0.4) is 0 Å². The molecule has 3 rings (SSSR count). The second kappa shape index (κ2) is 4.85. The van der Waals surface area contributed by atoms with Crippen molar-refractivity contribution in [3.8, 4) is 0 Å². The summed E-state index contributed by atoms with van der Waals surface area (Å²) in [5, 5.41) is 2.98. The predicted octanol–water partition coefficient (Wildman–Crippen LogP) is 1.94. The van der Waals surface area contributed by atoms with Crippen molar-refractivity contribution in [2.75, 3.05) is 0 Å². The Morgan fingerprint density at radius 2 is 1.67 bits per heavy atom. The summed E-state index contributed by atoms with van der Waals surface area (Å²) in [5.41, 5.74) is 1.51. The van der Waals surface area contributed by atoms with Crippen LogP contribution in [0.5, 0.6) is 0 Å². The van der Waals surface area contributed by atoms with Gasteiger partial charge in [0, 0.05) is 6.42 Å². The van der Waals surface area contributed by atoms with Gasteiger partial charge in [0.25, 0.3) is 0 Å². The van der Waals surface area contributed by atoms with E-state index in [4.69, 9.17) is 9.31 Å². The molecule has 21 heavy (non-hydrogen) atoms. The van der Waals surface area contributed by atoms with Crippen molar-refractivity contribution in [2.45, 2.75) is 57.8 Å². The van der Waals surface area contributed by atoms with E-state index in [0.29, 0.717) is 6.42 Å². The van der Waals surface area contributed by atoms with Gasteiger partial charge in [-0.05, 0) is 45.1 Å². The highest BCUT2D eigenvalue weighted by atomic mass is 16.7. The predicted molar refractivity (Wildman–Crippen MR) is 82.3 cm³/mol. The van der Waals surface area contributed by atoms with Gasteiger partial charge in [-0.2, -0.15) is 0 Å². The van der Waals surface area contributed by atoms with Crippen molar-refractivity contribution in [1.29, 1.82) is 0 Å². The number of hydrogen-bond acceptors (Lipinski definition) is 3. The van der Waals surface area contributed by atoms with Crippen LogP contribution < -0.4 is 10.8 Å². The molecule has 5 heteroatoms. The molecule has 0 radical (unpaired) electrons. The minimum Gasteiger partial charge on any atom is -0.399 e. The van der Waals surface area contributed by atoms with Gasteiger partial charge in [0.15, 0.2) is 0 Å². The molecule has 112 valence electrons. The third-order valence-corrected chi connectivity index (χ3v) is 4.86. The van der Waals surface area contributed by atoms with Crippen LogP contribution in [0.2, 0.25) is 0 Å². The molecule has 0 saturated carbocycles. The largest absolute Gasteiger partial charge is 0.494 e. The summed E-state index contributed by atoms with van der Waals surface area (Å²) in [6.07, 6.45) is 1.48. The third kappa shape index (κ3) is 2.60. The molecule has 4 nitrogen and oxygen atoms in total. The van der Waals surface area contributed by atoms with Crippen molar-refractivity contribution in [3.63, 3.8) is 0 Å². The van der Waals surface area contributed by atoms with Gasteiger partial charge in [0.1, 0.15) is 0 Å². The van der Waals surface area contributed by atoms with Gasteiger partial charge in [-0.25, -0.2) is 0 Å². The van der Waals surface area contributed by atoms with Crippen LogP contribution in [0.15, 0.2) is 24.3 Å². The number of nitrogens with one attached hydrogen (secondary N) is 1. The molecule has 0 aromatic heterocycles. The van der Waals surface area contributed by atoms with Crippen LogP contribution in [-0.2, 0) is 14.1 Å². The molecule has 0 bridgehead atoms. The molecule has 1 unspecified atom stereocenters. The molecule has 2 saturated heterocycles. The van der Waals surface area contributed by atoms with Crippen LogP contribution in [0.1, 0.15) is 52.1 Å². The molecular weight excluding hydrogens is 265 g/mol. The Balaban J connectivity index is 1.75. The van der Waals surface area contributed by atoms with E-state index in [0.717, 1.165) is 17.4 Å². The normalized spacial score (nSPS) is 27.0. The maximum atomic E-state index is 11.3. The summed E-state index contributed by atoms with van der Waals surface area (Å²) in [6.45, 7) is 8.20. The summed E-state index contributed by atoms with van der Waals surface area (Å²) in [6, 6.07) is 8.31. The average molecular weight is 287 g/mol. The Labute approximate surface area is 126 Å². The lowest BCUT2D eigenvalue weighted by molar-refractivity contribution is -0.119. The minimum atomic E-state index is -0.331. The zero-order chi connectivity index (χ0) is 15.3. The second-order valence-electron chi connectivity index (χ2n) is 6.91. The number of rotatable bonds is 2. The van der Waals surface area contributed by atoms with Crippen molar-refractivity contribution in [1.82, 2.24) is 5.32 Å². The number of carbonyl (C=O) groups excluding carboxylic acids is 1. The van der Waals surface area contributed by atoms with E-state index >= 15 is 0 Å². The molecule has 2 fully saturated rings. The minimum absolute atomic E-state index is 0.134. The van der Waals surface area contributed by atoms with E-state index in [1.165, 1.54) is 0 Å². The second-order valence-corrected chi connectivity index (χ2v) is 6.91. The molecule has 1 aromatic carbocycles. The topological polar surface area (TPSA) is 47.6 Å². The van der Waals surface area contributed by atoms with Crippen LogP contribution >= 0.6 is 0 Å². The molecule has 2 aliphatic heterocycles. The Morgan fingerprint density at radius 3 is 2.14 bits per heavy atom. The molecule has 1 N–H and O–H groups in total. The number of amides is 1. The zero-order valence-corrected chi connectivity index (χ0v) is 13.1. The molecule has 2 aliphatic rings.